The highest BCUT2D eigenvalue weighted by Crippen LogP contribution is 2.26. The first-order valence-corrected chi connectivity index (χ1v) is 10.9. The second-order valence-electron chi connectivity index (χ2n) is 8.22. The number of aryl methyl sites for hydroxylation is 1. The molecule has 3 aliphatic rings. The molecular formula is C21H28N6O2. The summed E-state index contributed by atoms with van der Waals surface area (Å²) < 4.78 is 5.42. The van der Waals surface area contributed by atoms with Crippen molar-refractivity contribution in [2.24, 2.45) is 0 Å². The van der Waals surface area contributed by atoms with Crippen LogP contribution in [0.15, 0.2) is 16.7 Å². The number of fused-ring (bicyclic) bond motifs is 1. The third kappa shape index (κ3) is 3.68. The molecule has 8 heteroatoms. The van der Waals surface area contributed by atoms with Gasteiger partial charge in [0, 0.05) is 51.3 Å². The van der Waals surface area contributed by atoms with Crippen molar-refractivity contribution in [1.29, 1.82) is 0 Å². The van der Waals surface area contributed by atoms with Gasteiger partial charge in [-0.25, -0.2) is 0 Å². The van der Waals surface area contributed by atoms with Crippen molar-refractivity contribution in [1.82, 2.24) is 20.3 Å². The Morgan fingerprint density at radius 2 is 1.45 bits per heavy atom. The molecule has 0 spiro atoms. The van der Waals surface area contributed by atoms with Crippen molar-refractivity contribution in [3.63, 3.8) is 0 Å². The Morgan fingerprint density at radius 1 is 0.793 bits per heavy atom. The molecule has 0 unspecified atom stereocenters. The Morgan fingerprint density at radius 3 is 2.14 bits per heavy atom. The highest BCUT2D eigenvalue weighted by atomic mass is 16.5. The first-order valence-electron chi connectivity index (χ1n) is 10.9. The van der Waals surface area contributed by atoms with Gasteiger partial charge < -0.3 is 19.2 Å². The first-order chi connectivity index (χ1) is 14.3. The monoisotopic (exact) mass is 396 g/mol. The van der Waals surface area contributed by atoms with Crippen LogP contribution in [0, 0.1) is 0 Å². The van der Waals surface area contributed by atoms with E-state index in [0.717, 1.165) is 74.8 Å². The van der Waals surface area contributed by atoms with Gasteiger partial charge in [-0.1, -0.05) is 5.16 Å². The molecule has 0 radical (unpaired) electrons. The first kappa shape index (κ1) is 18.4. The van der Waals surface area contributed by atoms with E-state index in [-0.39, 0.29) is 5.91 Å². The van der Waals surface area contributed by atoms with Gasteiger partial charge in [-0.2, -0.15) is 0 Å². The number of hydrogen-bond acceptors (Lipinski definition) is 7. The summed E-state index contributed by atoms with van der Waals surface area (Å²) in [7, 11) is 0. The zero-order valence-corrected chi connectivity index (χ0v) is 16.8. The zero-order chi connectivity index (χ0) is 19.6. The van der Waals surface area contributed by atoms with Crippen LogP contribution < -0.4 is 9.80 Å². The fraction of sp³-hybridized carbons (Fsp3) is 0.619. The molecular weight excluding hydrogens is 368 g/mol. The molecule has 0 N–H and O–H groups in total. The lowest BCUT2D eigenvalue weighted by Gasteiger charge is -2.35. The second-order valence-corrected chi connectivity index (χ2v) is 8.22. The summed E-state index contributed by atoms with van der Waals surface area (Å²) in [6.45, 7) is 4.97. The van der Waals surface area contributed by atoms with Gasteiger partial charge in [0.15, 0.2) is 17.3 Å². The Hall–Kier alpha value is -2.64. The van der Waals surface area contributed by atoms with Crippen LogP contribution in [-0.2, 0) is 12.8 Å². The largest absolute Gasteiger partial charge is 0.360 e. The molecule has 2 aromatic rings. The average molecular weight is 396 g/mol. The molecule has 2 aromatic heterocycles. The van der Waals surface area contributed by atoms with Crippen LogP contribution in [0.25, 0.3) is 0 Å². The summed E-state index contributed by atoms with van der Waals surface area (Å²) >= 11 is 0. The van der Waals surface area contributed by atoms with Crippen LogP contribution >= 0.6 is 0 Å². The van der Waals surface area contributed by atoms with Gasteiger partial charge in [0.2, 0.25) is 0 Å². The third-order valence-electron chi connectivity index (χ3n) is 6.36. The molecule has 154 valence electrons. The van der Waals surface area contributed by atoms with Crippen molar-refractivity contribution in [3.05, 3.63) is 29.2 Å². The van der Waals surface area contributed by atoms with Crippen LogP contribution in [0.4, 0.5) is 11.6 Å². The van der Waals surface area contributed by atoms with E-state index < -0.39 is 0 Å². The second kappa shape index (κ2) is 8.00. The highest BCUT2D eigenvalue weighted by Gasteiger charge is 2.29. The maximum Gasteiger partial charge on any atom is 0.276 e. The quantitative estimate of drug-likeness (QED) is 0.788. The topological polar surface area (TPSA) is 78.6 Å². The molecule has 2 aliphatic heterocycles. The SMILES string of the molecule is O=C(c1noc2c1CCCC2)N1CCN(c2ccc(N3CCCCC3)nn2)CC1. The fourth-order valence-corrected chi connectivity index (χ4v) is 4.62. The molecule has 2 fully saturated rings. The van der Waals surface area contributed by atoms with E-state index in [0.29, 0.717) is 18.8 Å². The minimum absolute atomic E-state index is 0.00285. The minimum Gasteiger partial charge on any atom is -0.360 e. The van der Waals surface area contributed by atoms with Crippen molar-refractivity contribution < 1.29 is 9.32 Å². The van der Waals surface area contributed by atoms with E-state index in [1.807, 2.05) is 4.90 Å². The predicted octanol–water partition coefficient (Wildman–Crippen LogP) is 2.30. The van der Waals surface area contributed by atoms with Gasteiger partial charge in [-0.05, 0) is 50.7 Å². The van der Waals surface area contributed by atoms with Crippen molar-refractivity contribution in [3.8, 4) is 0 Å². The molecule has 2 saturated heterocycles. The number of carbonyl (C=O) groups is 1. The van der Waals surface area contributed by atoms with Gasteiger partial charge in [-0.3, -0.25) is 4.79 Å². The van der Waals surface area contributed by atoms with Crippen LogP contribution in [-0.4, -0.2) is 65.4 Å². The maximum atomic E-state index is 12.9. The Balaban J connectivity index is 1.20. The summed E-state index contributed by atoms with van der Waals surface area (Å²) in [5, 5.41) is 13.0. The van der Waals surface area contributed by atoms with Crippen molar-refractivity contribution in [2.45, 2.75) is 44.9 Å². The summed E-state index contributed by atoms with van der Waals surface area (Å²) in [5.74, 6) is 2.76. The Kier molecular flexibility index (Phi) is 5.08. The molecule has 1 amide bonds. The predicted molar refractivity (Wildman–Crippen MR) is 109 cm³/mol. The highest BCUT2D eigenvalue weighted by molar-refractivity contribution is 5.94. The van der Waals surface area contributed by atoms with E-state index >= 15 is 0 Å². The molecule has 0 aromatic carbocycles. The lowest BCUT2D eigenvalue weighted by atomic mass is 9.96. The normalized spacial score (nSPS) is 19.9. The van der Waals surface area contributed by atoms with E-state index in [1.165, 1.54) is 19.3 Å². The van der Waals surface area contributed by atoms with Crippen LogP contribution in [0.1, 0.15) is 53.9 Å². The number of hydrogen-bond donors (Lipinski definition) is 0. The van der Waals surface area contributed by atoms with Gasteiger partial charge in [0.25, 0.3) is 5.91 Å². The summed E-state index contributed by atoms with van der Waals surface area (Å²) in [6.07, 6.45) is 7.79. The number of nitrogens with zero attached hydrogens (tertiary/aromatic N) is 6. The number of piperidine rings is 1. The smallest absolute Gasteiger partial charge is 0.276 e. The number of anilines is 2. The molecule has 0 atom stereocenters. The average Bonchev–Trinajstić information content (AvgIpc) is 3.24. The van der Waals surface area contributed by atoms with Gasteiger partial charge in [0.05, 0.1) is 0 Å². The van der Waals surface area contributed by atoms with E-state index in [2.05, 4.69) is 37.3 Å². The standard InChI is InChI=1S/C21H28N6O2/c28-21(20-16-6-2-3-7-17(16)29-24-20)27-14-12-26(13-15-27)19-9-8-18(22-23-19)25-10-4-1-5-11-25/h8-9H,1-7,10-15H2. The number of piperazine rings is 1. The Bertz CT molecular complexity index is 851. The lowest BCUT2D eigenvalue weighted by Crippen LogP contribution is -2.49. The number of aromatic nitrogens is 3. The molecule has 5 rings (SSSR count). The molecule has 8 nitrogen and oxygen atoms in total. The van der Waals surface area contributed by atoms with Gasteiger partial charge in [-0.15, -0.1) is 10.2 Å². The van der Waals surface area contributed by atoms with E-state index in [4.69, 9.17) is 4.52 Å². The molecule has 0 bridgehead atoms. The van der Waals surface area contributed by atoms with E-state index in [9.17, 15) is 4.79 Å². The summed E-state index contributed by atoms with van der Waals surface area (Å²) in [6, 6.07) is 4.13. The van der Waals surface area contributed by atoms with Crippen LogP contribution in [0.5, 0.6) is 0 Å². The van der Waals surface area contributed by atoms with E-state index in [1.54, 1.807) is 0 Å². The van der Waals surface area contributed by atoms with Crippen molar-refractivity contribution in [2.75, 3.05) is 49.1 Å². The third-order valence-corrected chi connectivity index (χ3v) is 6.36. The Labute approximate surface area is 170 Å². The minimum atomic E-state index is 0.00285. The van der Waals surface area contributed by atoms with Gasteiger partial charge >= 0.3 is 0 Å². The molecule has 1 aliphatic carbocycles. The number of amides is 1. The maximum absolute atomic E-state index is 12.9. The molecule has 4 heterocycles. The summed E-state index contributed by atoms with van der Waals surface area (Å²) in [4.78, 5) is 19.4. The number of carbonyl (C=O) groups excluding carboxylic acids is 1. The molecule has 29 heavy (non-hydrogen) atoms. The van der Waals surface area contributed by atoms with Crippen LogP contribution in [0.2, 0.25) is 0 Å². The molecule has 0 saturated carbocycles. The lowest BCUT2D eigenvalue weighted by molar-refractivity contribution is 0.0735. The number of rotatable bonds is 3. The van der Waals surface area contributed by atoms with Gasteiger partial charge in [0.1, 0.15) is 5.76 Å². The fourth-order valence-electron chi connectivity index (χ4n) is 4.62. The van der Waals surface area contributed by atoms with Crippen LogP contribution in [0.3, 0.4) is 0 Å². The van der Waals surface area contributed by atoms with Crippen molar-refractivity contribution >= 4 is 17.5 Å². The zero-order valence-electron chi connectivity index (χ0n) is 16.8. The summed E-state index contributed by atoms with van der Waals surface area (Å²) in [5.41, 5.74) is 1.56.